The number of hydrogen-bond acceptors (Lipinski definition) is 6. The van der Waals surface area contributed by atoms with E-state index < -0.39 is 0 Å². The molecule has 0 fully saturated rings. The second-order valence-corrected chi connectivity index (χ2v) is 7.44. The van der Waals surface area contributed by atoms with Crippen molar-refractivity contribution in [1.29, 1.82) is 0 Å². The van der Waals surface area contributed by atoms with Gasteiger partial charge in [-0.05, 0) is 51.8 Å². The Morgan fingerprint density at radius 3 is 2.62 bits per heavy atom. The standard InChI is InChI=1S/C21H30N4O3S/c1-6-22-21(23-13-12-16-8-10-17(27-5)11-9-16)25-15(4)19-24-14(3)18(29-19)20(26)28-7-2/h8-11,15H,6-7,12-13H2,1-5H3,(H2,22,23,25). The van der Waals surface area contributed by atoms with Gasteiger partial charge < -0.3 is 20.1 Å². The van der Waals surface area contributed by atoms with Crippen molar-refractivity contribution in [3.05, 3.63) is 45.4 Å². The minimum absolute atomic E-state index is 0.0827. The number of nitrogens with one attached hydrogen (secondary N) is 2. The molecule has 1 aromatic heterocycles. The van der Waals surface area contributed by atoms with Gasteiger partial charge in [0.2, 0.25) is 0 Å². The van der Waals surface area contributed by atoms with E-state index in [9.17, 15) is 4.79 Å². The fourth-order valence-electron chi connectivity index (χ4n) is 2.66. The number of methoxy groups -OCH3 is 1. The Balaban J connectivity index is 2.00. The maximum atomic E-state index is 12.0. The molecule has 1 heterocycles. The fourth-order valence-corrected chi connectivity index (χ4v) is 3.63. The molecule has 0 aliphatic rings. The van der Waals surface area contributed by atoms with E-state index in [2.05, 4.69) is 20.6 Å². The molecule has 0 saturated carbocycles. The van der Waals surface area contributed by atoms with Crippen LogP contribution in [0.25, 0.3) is 0 Å². The number of guanidine groups is 1. The van der Waals surface area contributed by atoms with Gasteiger partial charge in [0.1, 0.15) is 15.6 Å². The van der Waals surface area contributed by atoms with Crippen molar-refractivity contribution < 1.29 is 14.3 Å². The zero-order valence-corrected chi connectivity index (χ0v) is 18.6. The number of carbonyl (C=O) groups is 1. The number of benzene rings is 1. The topological polar surface area (TPSA) is 84.8 Å². The number of aryl methyl sites for hydroxylation is 1. The van der Waals surface area contributed by atoms with Gasteiger partial charge in [-0.3, -0.25) is 4.99 Å². The summed E-state index contributed by atoms with van der Waals surface area (Å²) in [4.78, 5) is 21.8. The second kappa shape index (κ2) is 11.4. The van der Waals surface area contributed by atoms with Crippen LogP contribution in [0.3, 0.4) is 0 Å². The van der Waals surface area contributed by atoms with E-state index in [-0.39, 0.29) is 12.0 Å². The molecule has 0 aliphatic heterocycles. The predicted molar refractivity (Wildman–Crippen MR) is 117 cm³/mol. The summed E-state index contributed by atoms with van der Waals surface area (Å²) in [5.74, 6) is 1.25. The molecule has 0 radical (unpaired) electrons. The van der Waals surface area contributed by atoms with Crippen LogP contribution in [-0.2, 0) is 11.2 Å². The number of thiazole rings is 1. The van der Waals surface area contributed by atoms with Crippen molar-refractivity contribution in [3.63, 3.8) is 0 Å². The molecular weight excluding hydrogens is 388 g/mol. The molecule has 7 nitrogen and oxygen atoms in total. The molecule has 2 aromatic rings. The third-order valence-corrected chi connectivity index (χ3v) is 5.49. The fraction of sp³-hybridized carbons (Fsp3) is 0.476. The van der Waals surface area contributed by atoms with E-state index in [4.69, 9.17) is 9.47 Å². The van der Waals surface area contributed by atoms with E-state index >= 15 is 0 Å². The summed E-state index contributed by atoms with van der Waals surface area (Å²) in [6.45, 7) is 9.41. The first-order chi connectivity index (χ1) is 14.0. The Morgan fingerprint density at radius 2 is 2.00 bits per heavy atom. The van der Waals surface area contributed by atoms with Crippen LogP contribution in [0.4, 0.5) is 0 Å². The smallest absolute Gasteiger partial charge is 0.350 e. The molecule has 0 amide bonds. The van der Waals surface area contributed by atoms with Crippen molar-refractivity contribution >= 4 is 23.3 Å². The summed E-state index contributed by atoms with van der Waals surface area (Å²) in [6.07, 6.45) is 0.832. The first-order valence-electron chi connectivity index (χ1n) is 9.80. The molecular formula is C21H30N4O3S. The lowest BCUT2D eigenvalue weighted by Crippen LogP contribution is -2.38. The van der Waals surface area contributed by atoms with E-state index in [0.29, 0.717) is 23.7 Å². The lowest BCUT2D eigenvalue weighted by atomic mass is 10.1. The highest BCUT2D eigenvalue weighted by molar-refractivity contribution is 7.13. The molecule has 0 bridgehead atoms. The highest BCUT2D eigenvalue weighted by Gasteiger charge is 2.20. The third kappa shape index (κ3) is 6.74. The van der Waals surface area contributed by atoms with Crippen LogP contribution in [-0.4, -0.2) is 43.7 Å². The minimum Gasteiger partial charge on any atom is -0.497 e. The van der Waals surface area contributed by atoms with E-state index in [0.717, 1.165) is 29.7 Å². The molecule has 158 valence electrons. The maximum Gasteiger partial charge on any atom is 0.350 e. The monoisotopic (exact) mass is 418 g/mol. The largest absolute Gasteiger partial charge is 0.497 e. The Kier molecular flexibility index (Phi) is 8.92. The molecule has 1 unspecified atom stereocenters. The zero-order chi connectivity index (χ0) is 21.2. The second-order valence-electron chi connectivity index (χ2n) is 6.41. The Hall–Kier alpha value is -2.61. The summed E-state index contributed by atoms with van der Waals surface area (Å²) in [5, 5.41) is 7.45. The van der Waals surface area contributed by atoms with Gasteiger partial charge in [0, 0.05) is 13.1 Å². The van der Waals surface area contributed by atoms with Crippen molar-refractivity contribution in [3.8, 4) is 5.75 Å². The Morgan fingerprint density at radius 1 is 1.28 bits per heavy atom. The summed E-state index contributed by atoms with van der Waals surface area (Å²) >= 11 is 1.36. The Bertz CT molecular complexity index is 818. The third-order valence-electron chi connectivity index (χ3n) is 4.17. The number of aliphatic imine (C=N–C) groups is 1. The predicted octanol–water partition coefficient (Wildman–Crippen LogP) is 3.50. The number of carbonyl (C=O) groups excluding carboxylic acids is 1. The summed E-state index contributed by atoms with van der Waals surface area (Å²) in [7, 11) is 1.66. The molecule has 2 rings (SSSR count). The van der Waals surface area contributed by atoms with Crippen molar-refractivity contribution in [2.24, 2.45) is 4.99 Å². The molecule has 0 aliphatic carbocycles. The molecule has 0 spiro atoms. The van der Waals surface area contributed by atoms with Crippen LogP contribution < -0.4 is 15.4 Å². The van der Waals surface area contributed by atoms with Gasteiger partial charge in [-0.25, -0.2) is 9.78 Å². The van der Waals surface area contributed by atoms with Crippen molar-refractivity contribution in [1.82, 2.24) is 15.6 Å². The highest BCUT2D eigenvalue weighted by atomic mass is 32.1. The van der Waals surface area contributed by atoms with Gasteiger partial charge in [0.05, 0.1) is 25.5 Å². The molecule has 1 aromatic carbocycles. The van der Waals surface area contributed by atoms with Gasteiger partial charge in [-0.15, -0.1) is 11.3 Å². The maximum absolute atomic E-state index is 12.0. The highest BCUT2D eigenvalue weighted by Crippen LogP contribution is 2.24. The van der Waals surface area contributed by atoms with Crippen molar-refractivity contribution in [2.75, 3.05) is 26.8 Å². The van der Waals surface area contributed by atoms with E-state index in [1.165, 1.54) is 16.9 Å². The van der Waals surface area contributed by atoms with Gasteiger partial charge in [-0.1, -0.05) is 12.1 Å². The zero-order valence-electron chi connectivity index (χ0n) is 17.7. The number of rotatable bonds is 9. The number of hydrogen-bond donors (Lipinski definition) is 2. The lowest BCUT2D eigenvalue weighted by molar-refractivity contribution is 0.0531. The molecule has 29 heavy (non-hydrogen) atoms. The average molecular weight is 419 g/mol. The molecule has 8 heteroatoms. The molecule has 2 N–H and O–H groups in total. The van der Waals surface area contributed by atoms with Crippen molar-refractivity contribution in [2.45, 2.75) is 40.2 Å². The van der Waals surface area contributed by atoms with Gasteiger partial charge in [0.25, 0.3) is 0 Å². The average Bonchev–Trinajstić information content (AvgIpc) is 3.11. The van der Waals surface area contributed by atoms with Crippen LogP contribution in [0.2, 0.25) is 0 Å². The van der Waals surface area contributed by atoms with Crippen LogP contribution >= 0.6 is 11.3 Å². The summed E-state index contributed by atoms with van der Waals surface area (Å²) < 4.78 is 10.3. The van der Waals surface area contributed by atoms with Crippen LogP contribution in [0.5, 0.6) is 5.75 Å². The van der Waals surface area contributed by atoms with Gasteiger partial charge in [-0.2, -0.15) is 0 Å². The number of ether oxygens (including phenoxy) is 2. The SMILES string of the molecule is CCNC(=NCCc1ccc(OC)cc1)NC(C)c1nc(C)c(C(=O)OCC)s1. The van der Waals surface area contributed by atoms with Crippen LogP contribution in [0, 0.1) is 6.92 Å². The Labute approximate surface area is 176 Å². The molecule has 1 atom stereocenters. The lowest BCUT2D eigenvalue weighted by Gasteiger charge is -2.16. The first kappa shape index (κ1) is 22.7. The van der Waals surface area contributed by atoms with Crippen LogP contribution in [0.1, 0.15) is 52.7 Å². The molecule has 0 saturated heterocycles. The van der Waals surface area contributed by atoms with Crippen LogP contribution in [0.15, 0.2) is 29.3 Å². The normalized spacial score (nSPS) is 12.4. The minimum atomic E-state index is -0.319. The van der Waals surface area contributed by atoms with Gasteiger partial charge >= 0.3 is 5.97 Å². The van der Waals surface area contributed by atoms with E-state index in [1.807, 2.05) is 45.0 Å². The quantitative estimate of drug-likeness (QED) is 0.368. The number of aromatic nitrogens is 1. The number of esters is 1. The summed E-state index contributed by atoms with van der Waals surface area (Å²) in [5.41, 5.74) is 1.90. The first-order valence-corrected chi connectivity index (χ1v) is 10.6. The summed E-state index contributed by atoms with van der Waals surface area (Å²) in [6, 6.07) is 7.92. The number of nitrogens with zero attached hydrogens (tertiary/aromatic N) is 2. The van der Waals surface area contributed by atoms with E-state index in [1.54, 1.807) is 14.0 Å². The van der Waals surface area contributed by atoms with Gasteiger partial charge in [0.15, 0.2) is 5.96 Å².